The van der Waals surface area contributed by atoms with Crippen LogP contribution in [0, 0.1) is 0 Å². The van der Waals surface area contributed by atoms with Crippen LogP contribution in [0.5, 0.6) is 0 Å². The monoisotopic (exact) mass is 188 g/mol. The zero-order valence-electron chi connectivity index (χ0n) is 9.00. The first-order valence-corrected chi connectivity index (χ1v) is 4.86. The van der Waals surface area contributed by atoms with Gasteiger partial charge in [0.05, 0.1) is 6.10 Å². The van der Waals surface area contributed by atoms with Gasteiger partial charge in [0.1, 0.15) is 5.60 Å². The molecule has 3 nitrogen and oxygen atoms in total. The number of hydrogen-bond donors (Lipinski definition) is 0. The molecule has 1 fully saturated rings. The molecule has 0 amide bonds. The van der Waals surface area contributed by atoms with Gasteiger partial charge in [0, 0.05) is 14.2 Å². The van der Waals surface area contributed by atoms with Crippen molar-refractivity contribution in [3.8, 4) is 0 Å². The Labute approximate surface area is 80.4 Å². The molecule has 1 rings (SSSR count). The van der Waals surface area contributed by atoms with Gasteiger partial charge in [-0.2, -0.15) is 0 Å². The first kappa shape index (κ1) is 11.0. The van der Waals surface area contributed by atoms with E-state index in [-0.39, 0.29) is 11.9 Å². The maximum Gasteiger partial charge on any atom is 0.185 e. The highest BCUT2D eigenvalue weighted by Gasteiger charge is 2.39. The van der Waals surface area contributed by atoms with Gasteiger partial charge in [-0.25, -0.2) is 0 Å². The van der Waals surface area contributed by atoms with E-state index < -0.39 is 0 Å². The number of methoxy groups -OCH3 is 2. The summed E-state index contributed by atoms with van der Waals surface area (Å²) >= 11 is 0. The first-order chi connectivity index (χ1) is 6.12. The summed E-state index contributed by atoms with van der Waals surface area (Å²) in [4.78, 5) is 0. The summed E-state index contributed by atoms with van der Waals surface area (Å²) in [5.74, 6) is 0. The van der Waals surface area contributed by atoms with Gasteiger partial charge in [-0.05, 0) is 33.1 Å². The smallest absolute Gasteiger partial charge is 0.185 e. The number of hydrogen-bond acceptors (Lipinski definition) is 3. The molecule has 0 aromatic carbocycles. The van der Waals surface area contributed by atoms with Crippen LogP contribution in [-0.4, -0.2) is 32.2 Å². The first-order valence-electron chi connectivity index (χ1n) is 4.86. The molecule has 0 aromatic heterocycles. The van der Waals surface area contributed by atoms with Gasteiger partial charge in [-0.1, -0.05) is 0 Å². The minimum absolute atomic E-state index is 0.254. The van der Waals surface area contributed by atoms with Gasteiger partial charge in [0.25, 0.3) is 0 Å². The maximum absolute atomic E-state index is 5.87. The standard InChI is InChI=1S/C10H20O3/c1-8-6-5-7-10(2,13-8)9(11-3)12-4/h8-9H,5-7H2,1-4H3/t8-,10+/m0/s1. The van der Waals surface area contributed by atoms with Crippen molar-refractivity contribution in [2.45, 2.75) is 51.1 Å². The zero-order chi connectivity index (χ0) is 9.90. The van der Waals surface area contributed by atoms with E-state index in [4.69, 9.17) is 14.2 Å². The molecule has 1 saturated heterocycles. The molecule has 78 valence electrons. The Morgan fingerprint density at radius 1 is 1.38 bits per heavy atom. The molecular weight excluding hydrogens is 168 g/mol. The summed E-state index contributed by atoms with van der Waals surface area (Å²) in [6, 6.07) is 0. The van der Waals surface area contributed by atoms with Gasteiger partial charge in [0.2, 0.25) is 0 Å². The van der Waals surface area contributed by atoms with Crippen molar-refractivity contribution in [2.75, 3.05) is 14.2 Å². The molecule has 0 N–H and O–H groups in total. The highest BCUT2D eigenvalue weighted by molar-refractivity contribution is 4.84. The van der Waals surface area contributed by atoms with Crippen LogP contribution in [0.4, 0.5) is 0 Å². The van der Waals surface area contributed by atoms with Crippen LogP contribution in [0.2, 0.25) is 0 Å². The minimum Gasteiger partial charge on any atom is -0.367 e. The molecule has 13 heavy (non-hydrogen) atoms. The molecule has 0 saturated carbocycles. The maximum atomic E-state index is 5.87. The second kappa shape index (κ2) is 4.40. The van der Waals surface area contributed by atoms with E-state index in [2.05, 4.69) is 13.8 Å². The molecular formula is C10H20O3. The lowest BCUT2D eigenvalue weighted by molar-refractivity contribution is -0.254. The van der Waals surface area contributed by atoms with E-state index in [9.17, 15) is 0 Å². The van der Waals surface area contributed by atoms with E-state index in [1.54, 1.807) is 14.2 Å². The molecule has 0 radical (unpaired) electrons. The van der Waals surface area contributed by atoms with E-state index in [0.29, 0.717) is 6.10 Å². The Balaban J connectivity index is 2.61. The van der Waals surface area contributed by atoms with Gasteiger partial charge in [0.15, 0.2) is 6.29 Å². The average molecular weight is 188 g/mol. The van der Waals surface area contributed by atoms with E-state index >= 15 is 0 Å². The van der Waals surface area contributed by atoms with E-state index in [1.807, 2.05) is 0 Å². The van der Waals surface area contributed by atoms with Gasteiger partial charge in [-0.15, -0.1) is 0 Å². The van der Waals surface area contributed by atoms with Crippen LogP contribution < -0.4 is 0 Å². The highest BCUT2D eigenvalue weighted by Crippen LogP contribution is 2.32. The summed E-state index contributed by atoms with van der Waals surface area (Å²) in [6.07, 6.45) is 3.38. The van der Waals surface area contributed by atoms with Crippen LogP contribution in [0.1, 0.15) is 33.1 Å². The average Bonchev–Trinajstić information content (AvgIpc) is 2.05. The Bertz CT molecular complexity index is 156. The van der Waals surface area contributed by atoms with Gasteiger partial charge in [-0.3, -0.25) is 0 Å². The molecule has 0 spiro atoms. The fourth-order valence-corrected chi connectivity index (χ4v) is 2.09. The number of rotatable bonds is 3. The van der Waals surface area contributed by atoms with E-state index in [1.165, 1.54) is 6.42 Å². The predicted octanol–water partition coefficient (Wildman–Crippen LogP) is 1.95. The van der Waals surface area contributed by atoms with Crippen molar-refractivity contribution in [3.05, 3.63) is 0 Å². The Morgan fingerprint density at radius 2 is 2.00 bits per heavy atom. The molecule has 3 heteroatoms. The summed E-state index contributed by atoms with van der Waals surface area (Å²) in [5, 5.41) is 0. The van der Waals surface area contributed by atoms with Crippen molar-refractivity contribution >= 4 is 0 Å². The molecule has 0 bridgehead atoms. The van der Waals surface area contributed by atoms with Gasteiger partial charge < -0.3 is 14.2 Å². The summed E-state index contributed by atoms with van der Waals surface area (Å²) in [6.45, 7) is 4.15. The molecule has 2 atom stereocenters. The lowest BCUT2D eigenvalue weighted by Gasteiger charge is -2.41. The fourth-order valence-electron chi connectivity index (χ4n) is 2.09. The normalized spacial score (nSPS) is 35.3. The van der Waals surface area contributed by atoms with Crippen molar-refractivity contribution < 1.29 is 14.2 Å². The molecule has 1 aliphatic heterocycles. The topological polar surface area (TPSA) is 27.7 Å². The van der Waals surface area contributed by atoms with Crippen LogP contribution >= 0.6 is 0 Å². The van der Waals surface area contributed by atoms with Crippen molar-refractivity contribution in [2.24, 2.45) is 0 Å². The number of ether oxygens (including phenoxy) is 3. The van der Waals surface area contributed by atoms with Crippen molar-refractivity contribution in [3.63, 3.8) is 0 Å². The second-order valence-corrected chi connectivity index (χ2v) is 3.94. The highest BCUT2D eigenvalue weighted by atomic mass is 16.7. The molecule has 1 heterocycles. The SMILES string of the molecule is COC(OC)[C@@]1(C)CCC[C@H](C)O1. The Morgan fingerprint density at radius 3 is 2.46 bits per heavy atom. The molecule has 0 aliphatic carbocycles. The molecule has 0 aromatic rings. The quantitative estimate of drug-likeness (QED) is 0.634. The largest absolute Gasteiger partial charge is 0.367 e. The second-order valence-electron chi connectivity index (χ2n) is 3.94. The summed E-state index contributed by atoms with van der Waals surface area (Å²) in [5.41, 5.74) is -0.277. The third-order valence-electron chi connectivity index (χ3n) is 2.68. The van der Waals surface area contributed by atoms with Crippen molar-refractivity contribution in [1.82, 2.24) is 0 Å². The predicted molar refractivity (Wildman–Crippen MR) is 50.6 cm³/mol. The van der Waals surface area contributed by atoms with Crippen molar-refractivity contribution in [1.29, 1.82) is 0 Å². The lowest BCUT2D eigenvalue weighted by Crippen LogP contribution is -2.48. The lowest BCUT2D eigenvalue weighted by atomic mass is 9.93. The molecule has 0 unspecified atom stereocenters. The van der Waals surface area contributed by atoms with Crippen LogP contribution in [0.25, 0.3) is 0 Å². The fraction of sp³-hybridized carbons (Fsp3) is 1.00. The Kier molecular flexibility index (Phi) is 3.71. The van der Waals surface area contributed by atoms with Gasteiger partial charge >= 0.3 is 0 Å². The zero-order valence-corrected chi connectivity index (χ0v) is 9.00. The van der Waals surface area contributed by atoms with E-state index in [0.717, 1.165) is 12.8 Å². The third-order valence-corrected chi connectivity index (χ3v) is 2.68. The molecule has 1 aliphatic rings. The third kappa shape index (κ3) is 2.42. The summed E-state index contributed by atoms with van der Waals surface area (Å²) < 4.78 is 16.4. The Hall–Kier alpha value is -0.120. The van der Waals surface area contributed by atoms with Crippen LogP contribution in [-0.2, 0) is 14.2 Å². The van der Waals surface area contributed by atoms with Crippen LogP contribution in [0.3, 0.4) is 0 Å². The minimum atomic E-state index is -0.277. The summed E-state index contributed by atoms with van der Waals surface area (Å²) in [7, 11) is 3.31. The van der Waals surface area contributed by atoms with Crippen LogP contribution in [0.15, 0.2) is 0 Å².